The van der Waals surface area contributed by atoms with Crippen LogP contribution in [0.25, 0.3) is 0 Å². The van der Waals surface area contributed by atoms with Crippen molar-refractivity contribution in [3.05, 3.63) is 0 Å². The maximum atomic E-state index is 6.75. The van der Waals surface area contributed by atoms with Crippen molar-refractivity contribution >= 4 is 0 Å². The summed E-state index contributed by atoms with van der Waals surface area (Å²) in [5.74, 6) is 0. The van der Waals surface area contributed by atoms with Gasteiger partial charge in [-0.25, -0.2) is 0 Å². The van der Waals surface area contributed by atoms with Crippen LogP contribution in [0.1, 0.15) is 156 Å². The van der Waals surface area contributed by atoms with E-state index in [9.17, 15) is 0 Å². The van der Waals surface area contributed by atoms with Crippen molar-refractivity contribution < 1.29 is 0 Å². The Kier molecular flexibility index (Phi) is 19.3. The van der Waals surface area contributed by atoms with Crippen molar-refractivity contribution in [2.75, 3.05) is 0 Å². The molecular weight excluding hydrogens is 326 g/mol. The third-order valence-corrected chi connectivity index (χ3v) is 6.65. The van der Waals surface area contributed by atoms with Crippen molar-refractivity contribution in [3.8, 4) is 0 Å². The SMILES string of the molecule is CCCCCCCCCCCCCCCC(N)C(CCC)(CCC)CCC. The number of nitrogens with two attached hydrogens (primary N) is 1. The number of hydrogen-bond donors (Lipinski definition) is 1. The fourth-order valence-electron chi connectivity index (χ4n) is 5.11. The van der Waals surface area contributed by atoms with Gasteiger partial charge < -0.3 is 5.73 Å². The minimum atomic E-state index is 0.421. The molecule has 0 aliphatic heterocycles. The standard InChI is InChI=1S/C26H55N/c1-5-9-10-11-12-13-14-15-16-17-18-19-20-21-25(27)26(22-6-2,23-7-3)24-8-4/h25H,5-24,27H2,1-4H3. The highest BCUT2D eigenvalue weighted by Gasteiger charge is 2.33. The summed E-state index contributed by atoms with van der Waals surface area (Å²) in [6.45, 7) is 9.29. The molecule has 0 aromatic heterocycles. The van der Waals surface area contributed by atoms with Crippen LogP contribution in [0.5, 0.6) is 0 Å². The molecule has 1 nitrogen and oxygen atoms in total. The van der Waals surface area contributed by atoms with Gasteiger partial charge in [-0.3, -0.25) is 0 Å². The van der Waals surface area contributed by atoms with Crippen LogP contribution in [-0.2, 0) is 0 Å². The second-order valence-electron chi connectivity index (χ2n) is 9.25. The summed E-state index contributed by atoms with van der Waals surface area (Å²) < 4.78 is 0. The molecule has 1 heteroatoms. The lowest BCUT2D eigenvalue weighted by molar-refractivity contribution is 0.152. The van der Waals surface area contributed by atoms with Gasteiger partial charge in [0.25, 0.3) is 0 Å². The van der Waals surface area contributed by atoms with Gasteiger partial charge in [0.15, 0.2) is 0 Å². The Morgan fingerprint density at radius 3 is 1.15 bits per heavy atom. The van der Waals surface area contributed by atoms with Crippen LogP contribution in [-0.4, -0.2) is 6.04 Å². The summed E-state index contributed by atoms with van der Waals surface area (Å²) >= 11 is 0. The average Bonchev–Trinajstić information content (AvgIpc) is 2.65. The van der Waals surface area contributed by atoms with Crippen molar-refractivity contribution in [2.24, 2.45) is 11.1 Å². The molecule has 0 radical (unpaired) electrons. The summed E-state index contributed by atoms with van der Waals surface area (Å²) in [6, 6.07) is 0.421. The van der Waals surface area contributed by atoms with Crippen molar-refractivity contribution in [3.63, 3.8) is 0 Å². The molecule has 0 amide bonds. The molecular formula is C26H55N. The van der Waals surface area contributed by atoms with Crippen LogP contribution in [0.2, 0.25) is 0 Å². The maximum absolute atomic E-state index is 6.75. The zero-order valence-electron chi connectivity index (χ0n) is 19.8. The molecule has 0 rings (SSSR count). The first-order chi connectivity index (χ1) is 13.2. The quantitative estimate of drug-likeness (QED) is 0.197. The molecule has 0 bridgehead atoms. The Labute approximate surface area is 173 Å². The van der Waals surface area contributed by atoms with E-state index >= 15 is 0 Å². The van der Waals surface area contributed by atoms with Gasteiger partial charge in [-0.2, -0.15) is 0 Å². The summed E-state index contributed by atoms with van der Waals surface area (Å²) in [7, 11) is 0. The lowest BCUT2D eigenvalue weighted by atomic mass is 9.69. The van der Waals surface area contributed by atoms with E-state index in [0.29, 0.717) is 11.5 Å². The highest BCUT2D eigenvalue weighted by atomic mass is 14.7. The first-order valence-electron chi connectivity index (χ1n) is 12.9. The molecule has 0 aliphatic carbocycles. The Hall–Kier alpha value is -0.0400. The van der Waals surface area contributed by atoms with Crippen LogP contribution >= 0.6 is 0 Å². The zero-order valence-corrected chi connectivity index (χ0v) is 19.8. The van der Waals surface area contributed by atoms with Gasteiger partial charge in [-0.1, -0.05) is 130 Å². The zero-order chi connectivity index (χ0) is 20.2. The first-order valence-corrected chi connectivity index (χ1v) is 12.9. The topological polar surface area (TPSA) is 26.0 Å². The maximum Gasteiger partial charge on any atom is 0.00955 e. The van der Waals surface area contributed by atoms with Gasteiger partial charge in [-0.15, -0.1) is 0 Å². The summed E-state index contributed by atoms with van der Waals surface area (Å²) in [5.41, 5.74) is 7.18. The third kappa shape index (κ3) is 13.7. The second-order valence-corrected chi connectivity index (χ2v) is 9.25. The van der Waals surface area contributed by atoms with Crippen LogP contribution in [0, 0.1) is 5.41 Å². The van der Waals surface area contributed by atoms with Crippen LogP contribution in [0.15, 0.2) is 0 Å². The third-order valence-electron chi connectivity index (χ3n) is 6.65. The Balaban J connectivity index is 3.72. The molecule has 2 N–H and O–H groups in total. The van der Waals surface area contributed by atoms with Gasteiger partial charge in [0.1, 0.15) is 0 Å². The fourth-order valence-corrected chi connectivity index (χ4v) is 5.11. The van der Waals surface area contributed by atoms with Crippen molar-refractivity contribution in [2.45, 2.75) is 162 Å². The normalized spacial score (nSPS) is 13.2. The van der Waals surface area contributed by atoms with E-state index in [-0.39, 0.29) is 0 Å². The van der Waals surface area contributed by atoms with E-state index in [1.165, 1.54) is 128 Å². The van der Waals surface area contributed by atoms with Crippen LogP contribution < -0.4 is 5.73 Å². The van der Waals surface area contributed by atoms with Crippen molar-refractivity contribution in [1.29, 1.82) is 0 Å². The molecule has 27 heavy (non-hydrogen) atoms. The van der Waals surface area contributed by atoms with Gasteiger partial charge in [0, 0.05) is 6.04 Å². The van der Waals surface area contributed by atoms with E-state index in [4.69, 9.17) is 5.73 Å². The second kappa shape index (κ2) is 19.3. The molecule has 0 spiro atoms. The minimum absolute atomic E-state index is 0.421. The molecule has 0 saturated carbocycles. The smallest absolute Gasteiger partial charge is 0.00955 e. The molecule has 0 aromatic carbocycles. The molecule has 0 fully saturated rings. The molecule has 0 heterocycles. The monoisotopic (exact) mass is 381 g/mol. The van der Waals surface area contributed by atoms with Crippen LogP contribution in [0.4, 0.5) is 0 Å². The van der Waals surface area contributed by atoms with E-state index in [1.54, 1.807) is 0 Å². The lowest BCUT2D eigenvalue weighted by Crippen LogP contribution is -2.41. The van der Waals surface area contributed by atoms with Gasteiger partial charge in [0.05, 0.1) is 0 Å². The predicted octanol–water partition coefficient (Wildman–Crippen LogP) is 9.18. The number of hydrogen-bond acceptors (Lipinski definition) is 1. The summed E-state index contributed by atoms with van der Waals surface area (Å²) in [6.07, 6.45) is 27.7. The predicted molar refractivity (Wildman–Crippen MR) is 125 cm³/mol. The van der Waals surface area contributed by atoms with E-state index in [0.717, 1.165) is 0 Å². The molecule has 1 atom stereocenters. The Morgan fingerprint density at radius 1 is 0.481 bits per heavy atom. The largest absolute Gasteiger partial charge is 0.327 e. The summed E-state index contributed by atoms with van der Waals surface area (Å²) in [5, 5.41) is 0. The minimum Gasteiger partial charge on any atom is -0.327 e. The van der Waals surface area contributed by atoms with E-state index in [1.807, 2.05) is 0 Å². The molecule has 164 valence electrons. The molecule has 1 unspecified atom stereocenters. The highest BCUT2D eigenvalue weighted by molar-refractivity contribution is 4.88. The van der Waals surface area contributed by atoms with Gasteiger partial charge in [0.2, 0.25) is 0 Å². The average molecular weight is 382 g/mol. The lowest BCUT2D eigenvalue weighted by Gasteiger charge is -2.39. The van der Waals surface area contributed by atoms with Crippen LogP contribution in [0.3, 0.4) is 0 Å². The number of unbranched alkanes of at least 4 members (excludes halogenated alkanes) is 12. The highest BCUT2D eigenvalue weighted by Crippen LogP contribution is 2.39. The van der Waals surface area contributed by atoms with Gasteiger partial charge in [-0.05, 0) is 31.1 Å². The van der Waals surface area contributed by atoms with E-state index < -0.39 is 0 Å². The van der Waals surface area contributed by atoms with Gasteiger partial charge >= 0.3 is 0 Å². The van der Waals surface area contributed by atoms with Crippen molar-refractivity contribution in [1.82, 2.24) is 0 Å². The van der Waals surface area contributed by atoms with E-state index in [2.05, 4.69) is 27.7 Å². The molecule has 0 aromatic rings. The first kappa shape index (κ1) is 27.0. The Bertz CT molecular complexity index is 269. The summed E-state index contributed by atoms with van der Waals surface area (Å²) in [4.78, 5) is 0. The fraction of sp³-hybridized carbons (Fsp3) is 1.00. The molecule has 0 aliphatic rings. The molecule has 0 saturated heterocycles. The Morgan fingerprint density at radius 2 is 0.815 bits per heavy atom. The number of rotatable bonds is 21.